The Bertz CT molecular complexity index is 1540. The number of nitrogens with zero attached hydrogens (tertiary/aromatic N) is 4. The molecule has 1 aliphatic heterocycles. The van der Waals surface area contributed by atoms with Crippen molar-refractivity contribution in [3.63, 3.8) is 0 Å². The Labute approximate surface area is 209 Å². The van der Waals surface area contributed by atoms with Crippen molar-refractivity contribution in [1.82, 2.24) is 15.0 Å². The van der Waals surface area contributed by atoms with Gasteiger partial charge >= 0.3 is 0 Å². The second-order valence-corrected chi connectivity index (χ2v) is 11.5. The van der Waals surface area contributed by atoms with Crippen LogP contribution in [0.1, 0.15) is 44.2 Å². The SMILES string of the molecule is C[C@H](CC1=NS(=O)(=O)C(Cc2ccc(-n3nnc4ccccc43)cc2)C(C)(C)O1)c1ccccc1F. The van der Waals surface area contributed by atoms with Gasteiger partial charge in [0.25, 0.3) is 10.0 Å². The molecule has 0 amide bonds. The third-order valence-corrected chi connectivity index (χ3v) is 8.53. The minimum absolute atomic E-state index is 0.111. The average Bonchev–Trinajstić information content (AvgIpc) is 3.26. The number of para-hydroxylation sites is 1. The smallest absolute Gasteiger partial charge is 0.263 e. The highest BCUT2D eigenvalue weighted by atomic mass is 32.2. The Hall–Kier alpha value is -3.59. The van der Waals surface area contributed by atoms with Crippen molar-refractivity contribution in [2.45, 2.75) is 50.4 Å². The molecule has 0 saturated heterocycles. The summed E-state index contributed by atoms with van der Waals surface area (Å²) in [6.07, 6.45) is 0.435. The number of hydrogen-bond acceptors (Lipinski definition) is 5. The summed E-state index contributed by atoms with van der Waals surface area (Å²) in [6.45, 7) is 5.34. The Kier molecular flexibility index (Phi) is 6.12. The maximum atomic E-state index is 14.2. The summed E-state index contributed by atoms with van der Waals surface area (Å²) in [4.78, 5) is 0. The Morgan fingerprint density at radius 2 is 1.72 bits per heavy atom. The monoisotopic (exact) mass is 506 g/mol. The lowest BCUT2D eigenvalue weighted by molar-refractivity contribution is 0.0803. The quantitative estimate of drug-likeness (QED) is 0.359. The maximum Gasteiger partial charge on any atom is 0.263 e. The molecule has 36 heavy (non-hydrogen) atoms. The van der Waals surface area contributed by atoms with E-state index >= 15 is 0 Å². The number of halogens is 1. The van der Waals surface area contributed by atoms with Gasteiger partial charge in [-0.25, -0.2) is 17.5 Å². The van der Waals surface area contributed by atoms with Crippen molar-refractivity contribution in [3.8, 4) is 5.69 Å². The van der Waals surface area contributed by atoms with Crippen LogP contribution in [0.25, 0.3) is 16.7 Å². The number of benzene rings is 3. The van der Waals surface area contributed by atoms with Crippen LogP contribution in [0.2, 0.25) is 0 Å². The highest BCUT2D eigenvalue weighted by Gasteiger charge is 2.46. The molecule has 1 unspecified atom stereocenters. The standard InChI is InChI=1S/C27H27FN4O3S/c1-18(21-8-4-5-9-22(21)28)16-26-30-36(33,34)25(27(2,3)35-26)17-19-12-14-20(15-13-19)32-24-11-7-6-10-23(24)29-31-32/h4-15,18,25H,16-17H2,1-3H3/t18-,25?/m1/s1. The number of sulfonamides is 1. The summed E-state index contributed by atoms with van der Waals surface area (Å²) >= 11 is 0. The fraction of sp³-hybridized carbons (Fsp3) is 0.296. The maximum absolute atomic E-state index is 14.2. The topological polar surface area (TPSA) is 86.4 Å². The predicted octanol–water partition coefficient (Wildman–Crippen LogP) is 5.20. The van der Waals surface area contributed by atoms with Gasteiger partial charge in [-0.2, -0.15) is 0 Å². The van der Waals surface area contributed by atoms with E-state index in [1.807, 2.05) is 55.5 Å². The van der Waals surface area contributed by atoms with E-state index in [1.165, 1.54) is 6.07 Å². The molecule has 0 fully saturated rings. The van der Waals surface area contributed by atoms with Gasteiger partial charge in [0.1, 0.15) is 22.2 Å². The number of aromatic nitrogens is 3. The van der Waals surface area contributed by atoms with Crippen LogP contribution < -0.4 is 0 Å². The normalized spacial score (nSPS) is 19.4. The highest BCUT2D eigenvalue weighted by Crippen LogP contribution is 2.34. The largest absolute Gasteiger partial charge is 0.473 e. The molecular weight excluding hydrogens is 479 g/mol. The van der Waals surface area contributed by atoms with Gasteiger partial charge in [0, 0.05) is 6.42 Å². The molecule has 4 aromatic rings. The van der Waals surface area contributed by atoms with Gasteiger partial charge < -0.3 is 4.74 Å². The van der Waals surface area contributed by atoms with Crippen LogP contribution in [0.5, 0.6) is 0 Å². The molecule has 1 aliphatic rings. The minimum atomic E-state index is -3.86. The summed E-state index contributed by atoms with van der Waals surface area (Å²) in [5.41, 5.74) is 2.85. The van der Waals surface area contributed by atoms with E-state index in [0.717, 1.165) is 22.3 Å². The highest BCUT2D eigenvalue weighted by molar-refractivity contribution is 7.91. The molecule has 7 nitrogen and oxygen atoms in total. The molecule has 0 radical (unpaired) electrons. The molecular formula is C27H27FN4O3S. The van der Waals surface area contributed by atoms with Crippen LogP contribution in [0.15, 0.2) is 77.2 Å². The first-order chi connectivity index (χ1) is 17.1. The van der Waals surface area contributed by atoms with Crippen LogP contribution in [0.3, 0.4) is 0 Å². The third-order valence-electron chi connectivity index (χ3n) is 6.62. The Morgan fingerprint density at radius 3 is 2.44 bits per heavy atom. The zero-order chi connectivity index (χ0) is 25.5. The number of ether oxygens (including phenoxy) is 1. The molecule has 0 aliphatic carbocycles. The fourth-order valence-electron chi connectivity index (χ4n) is 4.68. The van der Waals surface area contributed by atoms with Gasteiger partial charge in [-0.05, 0) is 67.6 Å². The van der Waals surface area contributed by atoms with Gasteiger partial charge in [-0.3, -0.25) is 0 Å². The summed E-state index contributed by atoms with van der Waals surface area (Å²) in [5, 5.41) is 7.54. The first-order valence-corrected chi connectivity index (χ1v) is 13.3. The number of rotatable bonds is 6. The molecule has 2 atom stereocenters. The lowest BCUT2D eigenvalue weighted by atomic mass is 9.95. The average molecular weight is 507 g/mol. The zero-order valence-electron chi connectivity index (χ0n) is 20.3. The molecule has 9 heteroatoms. The Balaban J connectivity index is 1.35. The Morgan fingerprint density at radius 1 is 1.03 bits per heavy atom. The van der Waals surface area contributed by atoms with E-state index in [0.29, 0.717) is 5.56 Å². The van der Waals surface area contributed by atoms with Gasteiger partial charge in [0.05, 0.1) is 11.2 Å². The minimum Gasteiger partial charge on any atom is -0.473 e. The van der Waals surface area contributed by atoms with Gasteiger partial charge in [0.2, 0.25) is 5.90 Å². The van der Waals surface area contributed by atoms with Crippen molar-refractivity contribution in [3.05, 3.63) is 89.7 Å². The van der Waals surface area contributed by atoms with E-state index in [4.69, 9.17) is 4.74 Å². The van der Waals surface area contributed by atoms with Crippen molar-refractivity contribution >= 4 is 27.0 Å². The van der Waals surface area contributed by atoms with Crippen LogP contribution in [-0.2, 0) is 21.2 Å². The second-order valence-electron chi connectivity index (χ2n) is 9.68. The first-order valence-electron chi connectivity index (χ1n) is 11.8. The summed E-state index contributed by atoms with van der Waals surface area (Å²) in [6, 6.07) is 21.7. The van der Waals surface area contributed by atoms with Crippen molar-refractivity contribution < 1.29 is 17.5 Å². The van der Waals surface area contributed by atoms with E-state index in [9.17, 15) is 12.8 Å². The molecule has 0 saturated carbocycles. The molecule has 2 heterocycles. The molecule has 186 valence electrons. The molecule has 0 N–H and O–H groups in total. The number of fused-ring (bicyclic) bond motifs is 1. The summed E-state index contributed by atoms with van der Waals surface area (Å²) in [5.74, 6) is -0.503. The van der Waals surface area contributed by atoms with Crippen LogP contribution >= 0.6 is 0 Å². The molecule has 0 bridgehead atoms. The molecule has 0 spiro atoms. The lowest BCUT2D eigenvalue weighted by Crippen LogP contribution is -2.50. The van der Waals surface area contributed by atoms with Crippen molar-refractivity contribution in [1.29, 1.82) is 0 Å². The molecule has 1 aromatic heterocycles. The van der Waals surface area contributed by atoms with Crippen LogP contribution in [-0.4, -0.2) is 40.2 Å². The summed E-state index contributed by atoms with van der Waals surface area (Å²) < 4.78 is 52.5. The lowest BCUT2D eigenvalue weighted by Gasteiger charge is -2.37. The van der Waals surface area contributed by atoms with Gasteiger partial charge in [-0.1, -0.05) is 54.6 Å². The zero-order valence-corrected chi connectivity index (χ0v) is 21.1. The predicted molar refractivity (Wildman–Crippen MR) is 137 cm³/mol. The van der Waals surface area contributed by atoms with Gasteiger partial charge in [-0.15, -0.1) is 9.50 Å². The number of hydrogen-bond donors (Lipinski definition) is 0. The molecule has 5 rings (SSSR count). The van der Waals surface area contributed by atoms with E-state index in [2.05, 4.69) is 14.7 Å². The van der Waals surface area contributed by atoms with Crippen LogP contribution in [0.4, 0.5) is 4.39 Å². The van der Waals surface area contributed by atoms with E-state index in [1.54, 1.807) is 36.7 Å². The van der Waals surface area contributed by atoms with Gasteiger partial charge in [0.15, 0.2) is 0 Å². The third kappa shape index (κ3) is 4.63. The van der Waals surface area contributed by atoms with E-state index < -0.39 is 20.9 Å². The van der Waals surface area contributed by atoms with Crippen molar-refractivity contribution in [2.24, 2.45) is 4.40 Å². The second kappa shape index (κ2) is 9.13. The first kappa shape index (κ1) is 24.1. The fourth-order valence-corrected chi connectivity index (χ4v) is 6.37. The molecule has 3 aromatic carbocycles. The van der Waals surface area contributed by atoms with Crippen molar-refractivity contribution in [2.75, 3.05) is 0 Å². The summed E-state index contributed by atoms with van der Waals surface area (Å²) in [7, 11) is -3.86. The van der Waals surface area contributed by atoms with E-state index in [-0.39, 0.29) is 30.5 Å². The van der Waals surface area contributed by atoms with Crippen LogP contribution in [0, 0.1) is 5.82 Å².